The van der Waals surface area contributed by atoms with Gasteiger partial charge < -0.3 is 5.73 Å². The second-order valence-electron chi connectivity index (χ2n) is 6.62. The summed E-state index contributed by atoms with van der Waals surface area (Å²) in [5, 5.41) is 2.16. The van der Waals surface area contributed by atoms with Gasteiger partial charge in [0.25, 0.3) is 0 Å². The molecule has 0 saturated heterocycles. The number of rotatable bonds is 1. The fourth-order valence-electron chi connectivity index (χ4n) is 5.31. The monoisotopic (exact) mass is 247 g/mol. The number of anilines is 1. The largest absolute Gasteiger partial charge is 0.398 e. The highest BCUT2D eigenvalue weighted by atomic mass is 32.1. The molecule has 4 fully saturated rings. The Morgan fingerprint density at radius 1 is 1.06 bits per heavy atom. The third-order valence-corrected chi connectivity index (χ3v) is 6.56. The first kappa shape index (κ1) is 10.4. The lowest BCUT2D eigenvalue weighted by molar-refractivity contribution is -0.00259. The maximum Gasteiger partial charge on any atom is 0.0461 e. The van der Waals surface area contributed by atoms with Crippen molar-refractivity contribution in [1.82, 2.24) is 0 Å². The van der Waals surface area contributed by atoms with Crippen molar-refractivity contribution in [1.29, 1.82) is 0 Å². The van der Waals surface area contributed by atoms with E-state index in [1.807, 2.05) is 11.3 Å². The van der Waals surface area contributed by atoms with Crippen LogP contribution in [-0.2, 0) is 0 Å². The van der Waals surface area contributed by atoms with Crippen LogP contribution < -0.4 is 5.73 Å². The van der Waals surface area contributed by atoms with Crippen molar-refractivity contribution >= 4 is 17.0 Å². The third-order valence-electron chi connectivity index (χ3n) is 5.61. The second kappa shape index (κ2) is 3.50. The molecule has 4 aliphatic carbocycles. The summed E-state index contributed by atoms with van der Waals surface area (Å²) in [7, 11) is 0. The molecule has 0 spiro atoms. The highest BCUT2D eigenvalue weighted by Crippen LogP contribution is 2.61. The summed E-state index contributed by atoms with van der Waals surface area (Å²) in [4.78, 5) is 1.49. The van der Waals surface area contributed by atoms with Gasteiger partial charge in [0.1, 0.15) is 0 Å². The Balaban J connectivity index is 1.75. The fraction of sp³-hybridized carbons (Fsp3) is 0.733. The van der Waals surface area contributed by atoms with E-state index in [0.717, 1.165) is 35.3 Å². The number of hydrogen-bond acceptors (Lipinski definition) is 2. The van der Waals surface area contributed by atoms with Crippen LogP contribution in [0, 0.1) is 30.6 Å². The molecule has 4 saturated carbocycles. The van der Waals surface area contributed by atoms with Crippen LogP contribution in [0.25, 0.3) is 0 Å². The SMILES string of the molecule is Cc1scc(N)c1C1C2CC3CC(C2)CC1C3. The number of nitrogen functional groups attached to an aromatic ring is 1. The highest BCUT2D eigenvalue weighted by Gasteiger charge is 2.49. The summed E-state index contributed by atoms with van der Waals surface area (Å²) in [5.74, 6) is 4.86. The first-order valence-corrected chi connectivity index (χ1v) is 7.93. The lowest BCUT2D eigenvalue weighted by atomic mass is 9.50. The van der Waals surface area contributed by atoms with Gasteiger partial charge in [-0.25, -0.2) is 0 Å². The molecule has 2 heteroatoms. The van der Waals surface area contributed by atoms with E-state index >= 15 is 0 Å². The van der Waals surface area contributed by atoms with Crippen LogP contribution in [0.15, 0.2) is 5.38 Å². The van der Waals surface area contributed by atoms with Gasteiger partial charge in [0.2, 0.25) is 0 Å². The molecular weight excluding hydrogens is 226 g/mol. The molecule has 2 N–H and O–H groups in total. The summed E-state index contributed by atoms with van der Waals surface area (Å²) in [6.07, 6.45) is 7.51. The minimum absolute atomic E-state index is 0.814. The maximum atomic E-state index is 6.23. The molecule has 1 aromatic heterocycles. The van der Waals surface area contributed by atoms with Crippen LogP contribution in [0.1, 0.15) is 48.5 Å². The van der Waals surface area contributed by atoms with Crippen molar-refractivity contribution in [3.05, 3.63) is 15.8 Å². The summed E-state index contributed by atoms with van der Waals surface area (Å²) in [6, 6.07) is 0. The van der Waals surface area contributed by atoms with Gasteiger partial charge >= 0.3 is 0 Å². The number of thiophene rings is 1. The Kier molecular flexibility index (Phi) is 2.15. The predicted molar refractivity (Wildman–Crippen MR) is 73.3 cm³/mol. The predicted octanol–water partition coefficient (Wildman–Crippen LogP) is 4.18. The van der Waals surface area contributed by atoms with Gasteiger partial charge in [0, 0.05) is 15.9 Å². The quantitative estimate of drug-likeness (QED) is 0.791. The molecule has 17 heavy (non-hydrogen) atoms. The topological polar surface area (TPSA) is 26.0 Å². The molecule has 0 radical (unpaired) electrons. The molecule has 1 heterocycles. The van der Waals surface area contributed by atoms with Gasteiger partial charge in [-0.2, -0.15) is 0 Å². The summed E-state index contributed by atoms with van der Waals surface area (Å²) < 4.78 is 0. The summed E-state index contributed by atoms with van der Waals surface area (Å²) in [6.45, 7) is 2.27. The van der Waals surface area contributed by atoms with E-state index in [9.17, 15) is 0 Å². The molecule has 5 rings (SSSR count). The van der Waals surface area contributed by atoms with Crippen LogP contribution in [0.3, 0.4) is 0 Å². The van der Waals surface area contributed by atoms with Gasteiger partial charge in [0.05, 0.1) is 0 Å². The Bertz CT molecular complexity index is 400. The maximum absolute atomic E-state index is 6.23. The first-order chi connectivity index (χ1) is 8.22. The van der Waals surface area contributed by atoms with Crippen molar-refractivity contribution in [2.24, 2.45) is 23.7 Å². The van der Waals surface area contributed by atoms with Crippen molar-refractivity contribution in [2.45, 2.75) is 44.9 Å². The zero-order valence-electron chi connectivity index (χ0n) is 10.5. The van der Waals surface area contributed by atoms with E-state index in [2.05, 4.69) is 12.3 Å². The Labute approximate surface area is 107 Å². The molecule has 0 aliphatic heterocycles. The molecule has 4 bridgehead atoms. The van der Waals surface area contributed by atoms with E-state index in [0.29, 0.717) is 0 Å². The van der Waals surface area contributed by atoms with Crippen LogP contribution in [0.4, 0.5) is 5.69 Å². The normalized spacial score (nSPS) is 43.2. The Hall–Kier alpha value is -0.500. The average molecular weight is 247 g/mol. The minimum atomic E-state index is 0.814. The fourth-order valence-corrected chi connectivity index (χ4v) is 6.12. The van der Waals surface area contributed by atoms with Gasteiger partial charge in [0.15, 0.2) is 0 Å². The first-order valence-electron chi connectivity index (χ1n) is 7.06. The molecule has 92 valence electrons. The van der Waals surface area contributed by atoms with Crippen molar-refractivity contribution in [3.63, 3.8) is 0 Å². The number of nitrogens with two attached hydrogens (primary N) is 1. The molecule has 0 unspecified atom stereocenters. The smallest absolute Gasteiger partial charge is 0.0461 e. The Morgan fingerprint density at radius 3 is 2.12 bits per heavy atom. The van der Waals surface area contributed by atoms with Gasteiger partial charge in [-0.1, -0.05) is 0 Å². The van der Waals surface area contributed by atoms with E-state index < -0.39 is 0 Å². The lowest BCUT2D eigenvalue weighted by Gasteiger charge is -2.54. The van der Waals surface area contributed by atoms with Gasteiger partial charge in [-0.15, -0.1) is 11.3 Å². The summed E-state index contributed by atoms with van der Waals surface area (Å²) in [5.41, 5.74) is 8.86. The van der Waals surface area contributed by atoms with E-state index in [-0.39, 0.29) is 0 Å². The zero-order valence-corrected chi connectivity index (χ0v) is 11.3. The zero-order chi connectivity index (χ0) is 11.6. The molecule has 0 aromatic carbocycles. The van der Waals surface area contributed by atoms with E-state index in [1.165, 1.54) is 37.0 Å². The molecule has 4 aliphatic rings. The number of hydrogen-bond donors (Lipinski definition) is 1. The van der Waals surface area contributed by atoms with Crippen LogP contribution >= 0.6 is 11.3 Å². The van der Waals surface area contributed by atoms with Crippen molar-refractivity contribution in [2.75, 3.05) is 5.73 Å². The van der Waals surface area contributed by atoms with Crippen molar-refractivity contribution < 1.29 is 0 Å². The lowest BCUT2D eigenvalue weighted by Crippen LogP contribution is -2.44. The minimum Gasteiger partial charge on any atom is -0.398 e. The van der Waals surface area contributed by atoms with Crippen molar-refractivity contribution in [3.8, 4) is 0 Å². The second-order valence-corrected chi connectivity index (χ2v) is 7.70. The van der Waals surface area contributed by atoms with Gasteiger partial charge in [-0.05, 0) is 74.2 Å². The van der Waals surface area contributed by atoms with Gasteiger partial charge in [-0.3, -0.25) is 0 Å². The molecular formula is C15H21NS. The Morgan fingerprint density at radius 2 is 1.65 bits per heavy atom. The van der Waals surface area contributed by atoms with E-state index in [1.54, 1.807) is 5.56 Å². The van der Waals surface area contributed by atoms with Crippen LogP contribution in [-0.4, -0.2) is 0 Å². The van der Waals surface area contributed by atoms with Crippen LogP contribution in [0.2, 0.25) is 0 Å². The molecule has 1 nitrogen and oxygen atoms in total. The highest BCUT2D eigenvalue weighted by molar-refractivity contribution is 7.10. The summed E-state index contributed by atoms with van der Waals surface area (Å²) >= 11 is 1.85. The molecule has 1 aromatic rings. The third kappa shape index (κ3) is 1.43. The molecule has 0 atom stereocenters. The standard InChI is InChI=1S/C15H21NS/c1-8-14(13(16)7-17-8)15-11-3-9-2-10(5-11)6-12(15)4-9/h7,9-12,15H,2-6,16H2,1H3. The average Bonchev–Trinajstić information content (AvgIpc) is 2.59. The van der Waals surface area contributed by atoms with Crippen LogP contribution in [0.5, 0.6) is 0 Å². The number of aryl methyl sites for hydroxylation is 1. The molecule has 0 amide bonds. The van der Waals surface area contributed by atoms with E-state index in [4.69, 9.17) is 5.73 Å².